The molecule has 4 heterocycles. The van der Waals surface area contributed by atoms with Gasteiger partial charge >= 0.3 is 0 Å². The molecule has 2 N–H and O–H groups in total. The third-order valence-electron chi connectivity index (χ3n) is 4.19. The van der Waals surface area contributed by atoms with E-state index in [-0.39, 0.29) is 24.4 Å². The van der Waals surface area contributed by atoms with Gasteiger partial charge in [-0.15, -0.1) is 0 Å². The molecule has 2 aromatic heterocycles. The van der Waals surface area contributed by atoms with E-state index in [0.717, 1.165) is 5.69 Å². The third kappa shape index (κ3) is 3.53. The highest BCUT2D eigenvalue weighted by Crippen LogP contribution is 2.31. The van der Waals surface area contributed by atoms with Crippen molar-refractivity contribution < 1.29 is 14.2 Å². The lowest BCUT2D eigenvalue weighted by Crippen LogP contribution is -2.36. The SMILES string of the molecule is COC1COC2C(Nc3nc(Nc4cnn(I)c4)ncc3Cl)COC12. The van der Waals surface area contributed by atoms with Crippen molar-refractivity contribution in [1.82, 2.24) is 18.0 Å². The summed E-state index contributed by atoms with van der Waals surface area (Å²) in [5, 5.41) is 10.9. The summed E-state index contributed by atoms with van der Waals surface area (Å²) in [6.45, 7) is 1.02. The molecule has 4 unspecified atom stereocenters. The van der Waals surface area contributed by atoms with Crippen LogP contribution in [0.2, 0.25) is 5.02 Å². The van der Waals surface area contributed by atoms with Gasteiger partial charge in [-0.05, 0) is 0 Å². The Balaban J connectivity index is 1.48. The van der Waals surface area contributed by atoms with Gasteiger partial charge in [-0.1, -0.05) is 11.6 Å². The smallest absolute Gasteiger partial charge is 0.229 e. The van der Waals surface area contributed by atoms with E-state index in [9.17, 15) is 0 Å². The maximum absolute atomic E-state index is 6.24. The Morgan fingerprint density at radius 3 is 2.92 bits per heavy atom. The first-order chi connectivity index (χ1) is 12.1. The van der Waals surface area contributed by atoms with Crippen molar-refractivity contribution >= 4 is 51.9 Å². The molecule has 11 heteroatoms. The molecule has 2 aromatic rings. The topological polar surface area (TPSA) is 95.4 Å². The maximum atomic E-state index is 6.24. The van der Waals surface area contributed by atoms with Crippen molar-refractivity contribution in [3.63, 3.8) is 0 Å². The molecule has 9 nitrogen and oxygen atoms in total. The van der Waals surface area contributed by atoms with E-state index >= 15 is 0 Å². The highest BCUT2D eigenvalue weighted by Gasteiger charge is 2.48. The molecule has 0 saturated carbocycles. The summed E-state index contributed by atoms with van der Waals surface area (Å²) in [6, 6.07) is -0.0532. The minimum atomic E-state index is -0.0929. The number of nitrogens with zero attached hydrogens (tertiary/aromatic N) is 4. The van der Waals surface area contributed by atoms with E-state index in [1.807, 2.05) is 6.20 Å². The average molecular weight is 479 g/mol. The molecule has 2 aliphatic heterocycles. The Labute approximate surface area is 162 Å². The predicted molar refractivity (Wildman–Crippen MR) is 99.7 cm³/mol. The number of ether oxygens (including phenoxy) is 3. The van der Waals surface area contributed by atoms with Crippen LogP contribution in [0.25, 0.3) is 0 Å². The second kappa shape index (κ2) is 7.19. The van der Waals surface area contributed by atoms with Crippen LogP contribution in [0.5, 0.6) is 0 Å². The molecule has 0 spiro atoms. The van der Waals surface area contributed by atoms with Gasteiger partial charge in [0.1, 0.15) is 23.3 Å². The van der Waals surface area contributed by atoms with Gasteiger partial charge in [-0.2, -0.15) is 10.1 Å². The largest absolute Gasteiger partial charge is 0.376 e. The van der Waals surface area contributed by atoms with Gasteiger partial charge < -0.3 is 24.8 Å². The number of anilines is 3. The van der Waals surface area contributed by atoms with E-state index < -0.39 is 0 Å². The summed E-state index contributed by atoms with van der Waals surface area (Å²) in [7, 11) is 1.66. The van der Waals surface area contributed by atoms with Crippen molar-refractivity contribution in [3.05, 3.63) is 23.6 Å². The summed E-state index contributed by atoms with van der Waals surface area (Å²) in [5.41, 5.74) is 0.786. The highest BCUT2D eigenvalue weighted by molar-refractivity contribution is 14.1. The number of aromatic nitrogens is 4. The summed E-state index contributed by atoms with van der Waals surface area (Å²) in [5.74, 6) is 0.952. The molecule has 25 heavy (non-hydrogen) atoms. The predicted octanol–water partition coefficient (Wildman–Crippen LogP) is 1.86. The zero-order valence-electron chi connectivity index (χ0n) is 13.2. The zero-order valence-corrected chi connectivity index (χ0v) is 16.1. The van der Waals surface area contributed by atoms with Crippen LogP contribution >= 0.6 is 34.5 Å². The molecule has 0 aromatic carbocycles. The van der Waals surface area contributed by atoms with Crippen LogP contribution in [0.1, 0.15) is 0 Å². The third-order valence-corrected chi connectivity index (χ3v) is 4.99. The van der Waals surface area contributed by atoms with Crippen LogP contribution in [-0.2, 0) is 14.2 Å². The average Bonchev–Trinajstić information content (AvgIpc) is 3.28. The monoisotopic (exact) mass is 478 g/mol. The number of halogens is 2. The van der Waals surface area contributed by atoms with Gasteiger partial charge in [-0.25, -0.2) is 7.88 Å². The number of fused-ring (bicyclic) bond motifs is 1. The van der Waals surface area contributed by atoms with E-state index in [2.05, 4.69) is 48.6 Å². The number of rotatable bonds is 5. The van der Waals surface area contributed by atoms with Gasteiger partial charge in [0, 0.05) is 7.11 Å². The molecule has 4 atom stereocenters. The van der Waals surface area contributed by atoms with Crippen LogP contribution in [0.3, 0.4) is 0 Å². The van der Waals surface area contributed by atoms with Gasteiger partial charge in [0.2, 0.25) is 5.95 Å². The zero-order chi connectivity index (χ0) is 17.4. The Hall–Kier alpha value is -1.21. The molecule has 0 radical (unpaired) electrons. The van der Waals surface area contributed by atoms with Crippen LogP contribution in [-0.4, -0.2) is 62.6 Å². The van der Waals surface area contributed by atoms with Crippen molar-refractivity contribution in [3.8, 4) is 0 Å². The quantitative estimate of drug-likeness (QED) is 0.629. The molecule has 0 amide bonds. The van der Waals surface area contributed by atoms with E-state index in [1.165, 1.54) is 0 Å². The summed E-state index contributed by atoms with van der Waals surface area (Å²) in [6.07, 6.45) is 4.84. The number of nitrogens with one attached hydrogen (secondary N) is 2. The number of methoxy groups -OCH3 is 1. The van der Waals surface area contributed by atoms with E-state index in [1.54, 1.807) is 22.4 Å². The fourth-order valence-corrected chi connectivity index (χ4v) is 3.56. The second-order valence-corrected chi connectivity index (χ2v) is 7.15. The lowest BCUT2D eigenvalue weighted by Gasteiger charge is -2.19. The van der Waals surface area contributed by atoms with Crippen LogP contribution < -0.4 is 10.6 Å². The van der Waals surface area contributed by atoms with Crippen LogP contribution in [0, 0.1) is 0 Å². The Morgan fingerprint density at radius 1 is 1.32 bits per heavy atom. The van der Waals surface area contributed by atoms with E-state index in [0.29, 0.717) is 30.0 Å². The minimum Gasteiger partial charge on any atom is -0.376 e. The lowest BCUT2D eigenvalue weighted by atomic mass is 10.1. The molecular formula is C14H16ClIN6O3. The summed E-state index contributed by atoms with van der Waals surface area (Å²) < 4.78 is 18.7. The fraction of sp³-hybridized carbons (Fsp3) is 0.500. The summed E-state index contributed by atoms with van der Waals surface area (Å²) >= 11 is 8.30. The van der Waals surface area contributed by atoms with Crippen molar-refractivity contribution in [2.24, 2.45) is 0 Å². The molecule has 0 aliphatic carbocycles. The summed E-state index contributed by atoms with van der Waals surface area (Å²) in [4.78, 5) is 8.64. The molecule has 4 rings (SSSR count). The fourth-order valence-electron chi connectivity index (χ4n) is 2.99. The molecular weight excluding hydrogens is 463 g/mol. The van der Waals surface area contributed by atoms with Gasteiger partial charge in [0.05, 0.1) is 66.4 Å². The molecule has 134 valence electrons. The first-order valence-electron chi connectivity index (χ1n) is 7.67. The molecule has 2 saturated heterocycles. The van der Waals surface area contributed by atoms with Crippen LogP contribution in [0.4, 0.5) is 17.5 Å². The first-order valence-corrected chi connectivity index (χ1v) is 9.01. The standard InChI is InChI=1S/C14H16ClIN6O3/c1-23-10-6-25-11-9(5-24-12(10)11)20-13-8(15)3-17-14(21-13)19-7-2-18-22(16)4-7/h2-4,9-12H,5-6H2,1H3,(H2,17,19,20,21). The van der Waals surface area contributed by atoms with Gasteiger partial charge in [-0.3, -0.25) is 0 Å². The minimum absolute atomic E-state index is 0.0419. The lowest BCUT2D eigenvalue weighted by molar-refractivity contribution is -0.00757. The molecule has 2 aliphatic rings. The van der Waals surface area contributed by atoms with Crippen molar-refractivity contribution in [2.75, 3.05) is 31.0 Å². The maximum Gasteiger partial charge on any atom is 0.229 e. The molecule has 2 fully saturated rings. The van der Waals surface area contributed by atoms with Crippen LogP contribution in [0.15, 0.2) is 18.6 Å². The van der Waals surface area contributed by atoms with E-state index in [4.69, 9.17) is 25.8 Å². The van der Waals surface area contributed by atoms with Crippen molar-refractivity contribution in [2.45, 2.75) is 24.4 Å². The van der Waals surface area contributed by atoms with Gasteiger partial charge in [0.25, 0.3) is 0 Å². The Kier molecular flexibility index (Phi) is 4.95. The molecule has 0 bridgehead atoms. The normalized spacial score (nSPS) is 28.1. The van der Waals surface area contributed by atoms with Crippen molar-refractivity contribution in [1.29, 1.82) is 0 Å². The highest BCUT2D eigenvalue weighted by atomic mass is 127. The first kappa shape index (κ1) is 17.2. The Morgan fingerprint density at radius 2 is 2.16 bits per heavy atom. The number of hydrogen-bond acceptors (Lipinski definition) is 8. The van der Waals surface area contributed by atoms with Gasteiger partial charge in [0.15, 0.2) is 5.82 Å². The number of hydrogen-bond donors (Lipinski definition) is 2. The Bertz CT molecular complexity index is 762. The second-order valence-electron chi connectivity index (χ2n) is 5.75.